The van der Waals surface area contributed by atoms with Gasteiger partial charge in [-0.2, -0.15) is 0 Å². The maximum Gasteiger partial charge on any atom is 0.573 e. The fraction of sp³-hybridized carbons (Fsp3) is 0.435. The van der Waals surface area contributed by atoms with Gasteiger partial charge in [-0.1, -0.05) is 42.8 Å². The van der Waals surface area contributed by atoms with E-state index < -0.39 is 24.9 Å². The third kappa shape index (κ3) is 5.99. The van der Waals surface area contributed by atoms with E-state index in [1.54, 1.807) is 6.07 Å². The Balaban J connectivity index is 1.83. The van der Waals surface area contributed by atoms with Crippen molar-refractivity contribution in [3.63, 3.8) is 0 Å². The van der Waals surface area contributed by atoms with Crippen LogP contribution >= 0.6 is 7.37 Å². The number of alkyl halides is 3. The second-order valence-electron chi connectivity index (χ2n) is 8.45. The molecule has 1 fully saturated rings. The van der Waals surface area contributed by atoms with Crippen molar-refractivity contribution in [2.24, 2.45) is 5.73 Å². The van der Waals surface area contributed by atoms with Gasteiger partial charge in [0, 0.05) is 25.8 Å². The molecule has 0 radical (unpaired) electrons. The fourth-order valence-corrected chi connectivity index (χ4v) is 6.55. The Labute approximate surface area is 195 Å². The molecule has 11 heteroatoms. The molecule has 0 aliphatic carbocycles. The van der Waals surface area contributed by atoms with E-state index in [1.165, 1.54) is 24.3 Å². The Morgan fingerprint density at radius 3 is 2.44 bits per heavy atom. The van der Waals surface area contributed by atoms with Crippen molar-refractivity contribution in [1.82, 2.24) is 4.90 Å². The smallest absolute Gasteiger partial charge is 0.480 e. The number of hydrogen-bond acceptors (Lipinski definition) is 5. The topological polar surface area (TPSA) is 113 Å². The molecule has 2 aromatic carbocycles. The van der Waals surface area contributed by atoms with Crippen LogP contribution in [0.15, 0.2) is 48.5 Å². The molecular formula is C23H28F3N2O5P. The quantitative estimate of drug-likeness (QED) is 0.348. The van der Waals surface area contributed by atoms with Crippen LogP contribution in [-0.4, -0.2) is 58.2 Å². The maximum absolute atomic E-state index is 13.0. The average molecular weight is 500 g/mol. The number of halogens is 3. The van der Waals surface area contributed by atoms with Gasteiger partial charge in [-0.15, -0.1) is 13.2 Å². The lowest BCUT2D eigenvalue weighted by Gasteiger charge is -2.43. The first-order valence-electron chi connectivity index (χ1n) is 10.9. The van der Waals surface area contributed by atoms with Crippen molar-refractivity contribution in [2.75, 3.05) is 25.8 Å². The summed E-state index contributed by atoms with van der Waals surface area (Å²) in [7, 11) is -3.95. The van der Waals surface area contributed by atoms with E-state index in [2.05, 4.69) is 4.74 Å². The van der Waals surface area contributed by atoms with Crippen LogP contribution in [0.1, 0.15) is 24.8 Å². The van der Waals surface area contributed by atoms with Gasteiger partial charge in [-0.05, 0) is 48.2 Å². The summed E-state index contributed by atoms with van der Waals surface area (Å²) < 4.78 is 54.2. The fourth-order valence-electron chi connectivity index (χ4n) is 4.34. The molecule has 7 nitrogen and oxygen atoms in total. The minimum atomic E-state index is -4.78. The highest BCUT2D eigenvalue weighted by atomic mass is 31.2. The van der Waals surface area contributed by atoms with Crippen LogP contribution in [0.4, 0.5) is 13.2 Å². The third-order valence-corrected chi connectivity index (χ3v) is 8.83. The largest absolute Gasteiger partial charge is 0.573 e. The number of hydrogen-bond donors (Lipinski definition) is 3. The number of carboxylic acids is 1. The number of carboxylic acid groups (broad SMARTS) is 1. The van der Waals surface area contributed by atoms with Gasteiger partial charge in [-0.3, -0.25) is 14.3 Å². The molecule has 34 heavy (non-hydrogen) atoms. The van der Waals surface area contributed by atoms with Crippen molar-refractivity contribution >= 4 is 13.3 Å². The molecule has 0 aromatic heterocycles. The maximum atomic E-state index is 13.0. The number of ether oxygens (including phenoxy) is 1. The molecule has 2 aromatic rings. The predicted molar refractivity (Wildman–Crippen MR) is 122 cm³/mol. The van der Waals surface area contributed by atoms with Crippen LogP contribution < -0.4 is 10.5 Å². The molecule has 4 N–H and O–H groups in total. The monoisotopic (exact) mass is 500 g/mol. The van der Waals surface area contributed by atoms with Crippen LogP contribution in [0.25, 0.3) is 11.1 Å². The van der Waals surface area contributed by atoms with E-state index >= 15 is 0 Å². The van der Waals surface area contributed by atoms with Gasteiger partial charge in [0.25, 0.3) is 0 Å². The van der Waals surface area contributed by atoms with Crippen LogP contribution in [0.5, 0.6) is 5.75 Å². The highest BCUT2D eigenvalue weighted by Gasteiger charge is 2.56. The number of aliphatic carboxylic acids is 1. The molecule has 0 spiro atoms. The number of rotatable bonds is 9. The molecule has 1 heterocycles. The highest BCUT2D eigenvalue weighted by Crippen LogP contribution is 2.59. The Hall–Kier alpha value is -2.39. The average Bonchev–Trinajstić information content (AvgIpc) is 2.76. The summed E-state index contributed by atoms with van der Waals surface area (Å²) in [6, 6.07) is 12.8. The van der Waals surface area contributed by atoms with Gasteiger partial charge < -0.3 is 20.5 Å². The summed E-state index contributed by atoms with van der Waals surface area (Å²) in [5, 5.41) is 8.21. The lowest BCUT2D eigenvalue weighted by Crippen LogP contribution is -2.53. The number of nitrogens with two attached hydrogens (primary N) is 1. The molecule has 2 atom stereocenters. The molecule has 1 aliphatic heterocycles. The van der Waals surface area contributed by atoms with Gasteiger partial charge >= 0.3 is 12.3 Å². The van der Waals surface area contributed by atoms with Crippen LogP contribution in [0, 0.1) is 0 Å². The minimum Gasteiger partial charge on any atom is -0.480 e. The third-order valence-electron chi connectivity index (χ3n) is 6.13. The van der Waals surface area contributed by atoms with Crippen LogP contribution in [0.3, 0.4) is 0 Å². The second-order valence-corrected chi connectivity index (χ2v) is 11.2. The van der Waals surface area contributed by atoms with Crippen molar-refractivity contribution < 1.29 is 37.3 Å². The molecule has 2 unspecified atom stereocenters. The highest BCUT2D eigenvalue weighted by molar-refractivity contribution is 7.61. The first-order chi connectivity index (χ1) is 16.0. The predicted octanol–water partition coefficient (Wildman–Crippen LogP) is 4.29. The van der Waals surface area contributed by atoms with E-state index in [-0.39, 0.29) is 31.4 Å². The summed E-state index contributed by atoms with van der Waals surface area (Å²) in [5.74, 6) is -1.61. The van der Waals surface area contributed by atoms with Gasteiger partial charge in [0.05, 0.1) is 0 Å². The van der Waals surface area contributed by atoms with E-state index in [9.17, 15) is 32.5 Å². The van der Waals surface area contributed by atoms with E-state index in [4.69, 9.17) is 5.73 Å². The van der Waals surface area contributed by atoms with Gasteiger partial charge in [-0.25, -0.2) is 0 Å². The number of benzene rings is 2. The Morgan fingerprint density at radius 1 is 1.15 bits per heavy atom. The molecule has 186 valence electrons. The zero-order valence-electron chi connectivity index (χ0n) is 18.5. The molecule has 0 saturated carbocycles. The number of nitrogens with zero attached hydrogens (tertiary/aromatic N) is 1. The first kappa shape index (κ1) is 26.2. The molecular weight excluding hydrogens is 472 g/mol. The molecule has 3 rings (SSSR count). The normalized spacial score (nSPS) is 23.6. The van der Waals surface area contributed by atoms with Gasteiger partial charge in [0.1, 0.15) is 5.75 Å². The SMILES string of the molecule is NCCCCC1(C(=O)O)CN(Cc2ccccc2-c2ccc(OC(F)(F)F)cc2)CCP1(=O)O. The Bertz CT molecular complexity index is 1050. The van der Waals surface area contributed by atoms with Crippen molar-refractivity contribution in [1.29, 1.82) is 0 Å². The lowest BCUT2D eigenvalue weighted by molar-refractivity contribution is -0.274. The summed E-state index contributed by atoms with van der Waals surface area (Å²) in [4.78, 5) is 24.7. The Kier molecular flexibility index (Phi) is 8.08. The lowest BCUT2D eigenvalue weighted by atomic mass is 9.97. The van der Waals surface area contributed by atoms with Crippen molar-refractivity contribution in [3.05, 3.63) is 54.1 Å². The van der Waals surface area contributed by atoms with Crippen LogP contribution in [0.2, 0.25) is 0 Å². The van der Waals surface area contributed by atoms with E-state index in [0.717, 1.165) is 11.1 Å². The Morgan fingerprint density at radius 2 is 1.82 bits per heavy atom. The molecule has 0 bridgehead atoms. The van der Waals surface area contributed by atoms with Gasteiger partial charge in [0.15, 0.2) is 5.16 Å². The summed E-state index contributed by atoms with van der Waals surface area (Å²) >= 11 is 0. The zero-order valence-corrected chi connectivity index (χ0v) is 19.4. The minimum absolute atomic E-state index is 0.0616. The first-order valence-corrected chi connectivity index (χ1v) is 12.7. The van der Waals surface area contributed by atoms with Gasteiger partial charge in [0.2, 0.25) is 7.37 Å². The van der Waals surface area contributed by atoms with E-state index in [0.29, 0.717) is 31.5 Å². The van der Waals surface area contributed by atoms with Crippen LogP contribution in [-0.2, 0) is 15.9 Å². The summed E-state index contributed by atoms with van der Waals surface area (Å²) in [6.45, 7) is 0.873. The van der Waals surface area contributed by atoms with E-state index in [1.807, 2.05) is 23.1 Å². The summed E-state index contributed by atoms with van der Waals surface area (Å²) in [5.41, 5.74) is 7.78. The zero-order chi connectivity index (χ0) is 25.0. The number of unbranched alkanes of at least 4 members (excludes halogenated alkanes) is 1. The second kappa shape index (κ2) is 10.5. The standard InChI is InChI=1S/C23H28F3N2O5P/c24-23(25,26)33-19-9-7-17(8-10-19)20-6-2-1-5-18(20)15-28-13-14-34(31,32)22(16-28,21(29)30)11-3-4-12-27/h1-2,5-10H,3-4,11-16,27H2,(H,29,30)(H,31,32). The number of carbonyl (C=O) groups is 1. The van der Waals surface area contributed by atoms with Crippen molar-refractivity contribution in [2.45, 2.75) is 37.3 Å². The molecule has 0 amide bonds. The van der Waals surface area contributed by atoms with Crippen molar-refractivity contribution in [3.8, 4) is 16.9 Å². The summed E-state index contributed by atoms with van der Waals surface area (Å²) in [6.07, 6.45) is -3.85. The molecule has 1 aliphatic rings. The molecule has 1 saturated heterocycles.